The van der Waals surface area contributed by atoms with Gasteiger partial charge in [-0.2, -0.15) is 0 Å². The average molecular weight is 314 g/mol. The lowest BCUT2D eigenvalue weighted by Gasteiger charge is -2.37. The number of piperazine rings is 1. The summed E-state index contributed by atoms with van der Waals surface area (Å²) in [4.78, 5) is 9.04. The lowest BCUT2D eigenvalue weighted by molar-refractivity contribution is 0.122. The van der Waals surface area contributed by atoms with Crippen LogP contribution in [-0.4, -0.2) is 61.1 Å². The first-order chi connectivity index (χ1) is 8.56. The van der Waals surface area contributed by atoms with Crippen LogP contribution in [-0.2, 0) is 0 Å². The van der Waals surface area contributed by atoms with Crippen molar-refractivity contribution >= 4 is 27.4 Å². The van der Waals surface area contributed by atoms with Crippen LogP contribution in [0.4, 0.5) is 11.5 Å². The number of likely N-dealkylation sites (N-methyl/N-ethyl adjacent to an activating group) is 2. The monoisotopic (exact) mass is 313 g/mol. The van der Waals surface area contributed by atoms with Crippen molar-refractivity contribution in [3.05, 3.63) is 16.7 Å². The standard InChI is InChI=1S/C12H20BrN5/c1-17-3-4-18(2)10(8-17)7-16-12-11(13)5-9(14)6-15-12/h5-6,10H,3-4,7-8,14H2,1-2H3,(H,15,16). The third kappa shape index (κ3) is 3.34. The molecular formula is C12H20BrN5. The van der Waals surface area contributed by atoms with Crippen LogP contribution in [0.1, 0.15) is 0 Å². The highest BCUT2D eigenvalue weighted by Crippen LogP contribution is 2.22. The van der Waals surface area contributed by atoms with Crippen LogP contribution < -0.4 is 11.1 Å². The molecule has 2 heterocycles. The molecule has 1 aliphatic rings. The Hall–Kier alpha value is -0.850. The number of hydrogen-bond acceptors (Lipinski definition) is 5. The Labute approximate surface area is 116 Å². The van der Waals surface area contributed by atoms with Crippen LogP contribution in [0.5, 0.6) is 0 Å². The fourth-order valence-corrected chi connectivity index (χ4v) is 2.63. The molecule has 1 aromatic rings. The Morgan fingerprint density at radius 2 is 2.28 bits per heavy atom. The smallest absolute Gasteiger partial charge is 0.140 e. The Kier molecular flexibility index (Phi) is 4.42. The van der Waals surface area contributed by atoms with E-state index in [4.69, 9.17) is 5.73 Å². The Morgan fingerprint density at radius 1 is 1.50 bits per heavy atom. The maximum absolute atomic E-state index is 5.67. The molecular weight excluding hydrogens is 294 g/mol. The Balaban J connectivity index is 1.94. The Morgan fingerprint density at radius 3 is 3.00 bits per heavy atom. The predicted octanol–water partition coefficient (Wildman–Crippen LogP) is 1.08. The van der Waals surface area contributed by atoms with Gasteiger partial charge in [0.2, 0.25) is 0 Å². The van der Waals surface area contributed by atoms with Gasteiger partial charge in [-0.1, -0.05) is 0 Å². The number of aromatic nitrogens is 1. The summed E-state index contributed by atoms with van der Waals surface area (Å²) in [6, 6.07) is 2.38. The fraction of sp³-hybridized carbons (Fsp3) is 0.583. The first-order valence-corrected chi connectivity index (χ1v) is 6.89. The lowest BCUT2D eigenvalue weighted by atomic mass is 10.2. The van der Waals surface area contributed by atoms with Crippen molar-refractivity contribution in [3.8, 4) is 0 Å². The van der Waals surface area contributed by atoms with Crippen LogP contribution >= 0.6 is 15.9 Å². The van der Waals surface area contributed by atoms with Gasteiger partial charge in [-0.05, 0) is 36.1 Å². The normalized spacial score (nSPS) is 22.1. The van der Waals surface area contributed by atoms with Gasteiger partial charge in [0.25, 0.3) is 0 Å². The van der Waals surface area contributed by atoms with Crippen LogP contribution in [0.2, 0.25) is 0 Å². The first-order valence-electron chi connectivity index (χ1n) is 6.10. The molecule has 2 rings (SSSR count). The Bertz CT molecular complexity index is 411. The molecule has 0 aromatic carbocycles. The molecule has 1 unspecified atom stereocenters. The topological polar surface area (TPSA) is 57.4 Å². The van der Waals surface area contributed by atoms with E-state index in [1.54, 1.807) is 6.20 Å². The number of anilines is 2. The summed E-state index contributed by atoms with van der Waals surface area (Å²) >= 11 is 3.47. The molecule has 0 aliphatic carbocycles. The van der Waals surface area contributed by atoms with Gasteiger partial charge in [0.15, 0.2) is 0 Å². The van der Waals surface area contributed by atoms with Gasteiger partial charge in [0.1, 0.15) is 5.82 Å². The van der Waals surface area contributed by atoms with Crippen LogP contribution in [0.15, 0.2) is 16.7 Å². The van der Waals surface area contributed by atoms with E-state index in [0.29, 0.717) is 11.7 Å². The molecule has 100 valence electrons. The molecule has 18 heavy (non-hydrogen) atoms. The van der Waals surface area contributed by atoms with Gasteiger partial charge in [-0.15, -0.1) is 0 Å². The molecule has 1 saturated heterocycles. The number of nitrogens with two attached hydrogens (primary N) is 1. The van der Waals surface area contributed by atoms with Crippen LogP contribution in [0.3, 0.4) is 0 Å². The first kappa shape index (κ1) is 13.6. The van der Waals surface area contributed by atoms with Gasteiger partial charge in [-0.25, -0.2) is 4.98 Å². The van der Waals surface area contributed by atoms with E-state index in [0.717, 1.165) is 36.5 Å². The number of nitrogens with zero attached hydrogens (tertiary/aromatic N) is 3. The summed E-state index contributed by atoms with van der Waals surface area (Å²) in [5.41, 5.74) is 6.34. The van der Waals surface area contributed by atoms with Crippen molar-refractivity contribution in [2.45, 2.75) is 6.04 Å². The highest BCUT2D eigenvalue weighted by Gasteiger charge is 2.21. The van der Waals surface area contributed by atoms with Crippen molar-refractivity contribution in [1.29, 1.82) is 0 Å². The third-order valence-electron chi connectivity index (χ3n) is 3.35. The minimum Gasteiger partial charge on any atom is -0.397 e. The van der Waals surface area contributed by atoms with E-state index in [1.165, 1.54) is 0 Å². The summed E-state index contributed by atoms with van der Waals surface area (Å²) in [6.45, 7) is 4.21. The summed E-state index contributed by atoms with van der Waals surface area (Å²) in [6.07, 6.45) is 1.67. The third-order valence-corrected chi connectivity index (χ3v) is 3.95. The molecule has 0 amide bonds. The van der Waals surface area contributed by atoms with Gasteiger partial charge in [-0.3, -0.25) is 4.90 Å². The molecule has 0 spiro atoms. The second-order valence-corrected chi connectivity index (χ2v) is 5.73. The second kappa shape index (κ2) is 5.86. The summed E-state index contributed by atoms with van der Waals surface area (Å²) in [7, 11) is 4.34. The van der Waals surface area contributed by atoms with Crippen molar-refractivity contribution in [1.82, 2.24) is 14.8 Å². The molecule has 3 N–H and O–H groups in total. The maximum Gasteiger partial charge on any atom is 0.140 e. The molecule has 0 saturated carbocycles. The van der Waals surface area contributed by atoms with Crippen LogP contribution in [0.25, 0.3) is 0 Å². The molecule has 1 aliphatic heterocycles. The van der Waals surface area contributed by atoms with Crippen LogP contribution in [0, 0.1) is 0 Å². The minimum absolute atomic E-state index is 0.509. The fourth-order valence-electron chi connectivity index (χ4n) is 2.12. The highest BCUT2D eigenvalue weighted by atomic mass is 79.9. The van der Waals surface area contributed by atoms with Crippen molar-refractivity contribution in [2.24, 2.45) is 0 Å². The van der Waals surface area contributed by atoms with Crippen molar-refractivity contribution < 1.29 is 0 Å². The SMILES string of the molecule is CN1CCN(C)C(CNc2ncc(N)cc2Br)C1. The average Bonchev–Trinajstić information content (AvgIpc) is 2.32. The summed E-state index contributed by atoms with van der Waals surface area (Å²) < 4.78 is 0.911. The van der Waals surface area contributed by atoms with E-state index < -0.39 is 0 Å². The zero-order valence-corrected chi connectivity index (χ0v) is 12.4. The van der Waals surface area contributed by atoms with E-state index in [2.05, 4.69) is 50.1 Å². The molecule has 1 fully saturated rings. The van der Waals surface area contributed by atoms with E-state index in [1.807, 2.05) is 6.07 Å². The summed E-state index contributed by atoms with van der Waals surface area (Å²) in [5, 5.41) is 3.38. The van der Waals surface area contributed by atoms with Gasteiger partial charge >= 0.3 is 0 Å². The number of nitrogens with one attached hydrogen (secondary N) is 1. The molecule has 1 atom stereocenters. The molecule has 0 radical (unpaired) electrons. The number of nitrogen functional groups attached to an aromatic ring is 1. The zero-order valence-electron chi connectivity index (χ0n) is 10.9. The lowest BCUT2D eigenvalue weighted by Crippen LogP contribution is -2.52. The van der Waals surface area contributed by atoms with Crippen molar-refractivity contribution in [2.75, 3.05) is 51.3 Å². The number of halogens is 1. The minimum atomic E-state index is 0.509. The van der Waals surface area contributed by atoms with Gasteiger partial charge in [0, 0.05) is 32.2 Å². The number of hydrogen-bond donors (Lipinski definition) is 2. The molecule has 6 heteroatoms. The maximum atomic E-state index is 5.67. The van der Waals surface area contributed by atoms with E-state index in [9.17, 15) is 0 Å². The van der Waals surface area contributed by atoms with E-state index in [-0.39, 0.29) is 0 Å². The van der Waals surface area contributed by atoms with Gasteiger partial charge < -0.3 is 16.0 Å². The molecule has 5 nitrogen and oxygen atoms in total. The molecule has 1 aromatic heterocycles. The summed E-state index contributed by atoms with van der Waals surface area (Å²) in [5.74, 6) is 0.853. The largest absolute Gasteiger partial charge is 0.397 e. The second-order valence-electron chi connectivity index (χ2n) is 4.88. The quantitative estimate of drug-likeness (QED) is 0.874. The number of pyridine rings is 1. The predicted molar refractivity (Wildman–Crippen MR) is 78.8 cm³/mol. The van der Waals surface area contributed by atoms with Gasteiger partial charge in [0.05, 0.1) is 16.4 Å². The van der Waals surface area contributed by atoms with E-state index >= 15 is 0 Å². The zero-order chi connectivity index (χ0) is 13.1. The molecule has 0 bridgehead atoms. The number of rotatable bonds is 3. The van der Waals surface area contributed by atoms with Crippen molar-refractivity contribution in [3.63, 3.8) is 0 Å². The highest BCUT2D eigenvalue weighted by molar-refractivity contribution is 9.10.